The molecule has 1 aliphatic carbocycles. The average molecular weight is 186 g/mol. The second-order valence-electron chi connectivity index (χ2n) is 4.43. The van der Waals surface area contributed by atoms with Gasteiger partial charge in [0.25, 0.3) is 0 Å². The topological polar surface area (TPSA) is 35.5 Å². The standard InChI is InChI=1S/C10H22N2O/c1-8(7-12(2)3)11-9-5-4-6-10(9)13/h8-11,13H,4-7H2,1-3H3/t8?,9-,10-/m1/s1. The fourth-order valence-electron chi connectivity index (χ4n) is 2.10. The first kappa shape index (κ1) is 11.0. The van der Waals surface area contributed by atoms with Gasteiger partial charge in [0.05, 0.1) is 6.10 Å². The highest BCUT2D eigenvalue weighted by atomic mass is 16.3. The molecule has 0 aliphatic heterocycles. The smallest absolute Gasteiger partial charge is 0.0693 e. The Bertz CT molecular complexity index is 150. The molecule has 0 aromatic carbocycles. The molecule has 0 spiro atoms. The predicted octanol–water partition coefficient (Wildman–Crippen LogP) is 0.439. The molecular weight excluding hydrogens is 164 g/mol. The largest absolute Gasteiger partial charge is 0.392 e. The van der Waals surface area contributed by atoms with Crippen LogP contribution in [0.4, 0.5) is 0 Å². The van der Waals surface area contributed by atoms with Crippen LogP contribution in [0.2, 0.25) is 0 Å². The van der Waals surface area contributed by atoms with E-state index in [0.717, 1.165) is 25.8 Å². The number of rotatable bonds is 4. The van der Waals surface area contributed by atoms with Crippen LogP contribution in [0, 0.1) is 0 Å². The number of hydrogen-bond donors (Lipinski definition) is 2. The van der Waals surface area contributed by atoms with E-state index in [2.05, 4.69) is 31.2 Å². The Hall–Kier alpha value is -0.120. The van der Waals surface area contributed by atoms with E-state index in [4.69, 9.17) is 0 Å². The average Bonchev–Trinajstić information content (AvgIpc) is 2.34. The lowest BCUT2D eigenvalue weighted by Gasteiger charge is -2.24. The second-order valence-corrected chi connectivity index (χ2v) is 4.43. The first-order chi connectivity index (χ1) is 6.09. The Kier molecular flexibility index (Phi) is 4.16. The number of likely N-dealkylation sites (N-methyl/N-ethyl adjacent to an activating group) is 1. The van der Waals surface area contributed by atoms with E-state index in [1.165, 1.54) is 0 Å². The van der Waals surface area contributed by atoms with Crippen LogP contribution in [-0.2, 0) is 0 Å². The van der Waals surface area contributed by atoms with E-state index in [1.807, 2.05) is 0 Å². The highest BCUT2D eigenvalue weighted by Gasteiger charge is 2.25. The molecule has 13 heavy (non-hydrogen) atoms. The van der Waals surface area contributed by atoms with Gasteiger partial charge in [-0.25, -0.2) is 0 Å². The number of aliphatic hydroxyl groups is 1. The van der Waals surface area contributed by atoms with E-state index >= 15 is 0 Å². The van der Waals surface area contributed by atoms with Gasteiger partial charge in [-0.15, -0.1) is 0 Å². The van der Waals surface area contributed by atoms with Gasteiger partial charge in [0.1, 0.15) is 0 Å². The summed E-state index contributed by atoms with van der Waals surface area (Å²) in [6.07, 6.45) is 3.13. The summed E-state index contributed by atoms with van der Waals surface area (Å²) in [5, 5.41) is 13.1. The molecule has 3 heteroatoms. The summed E-state index contributed by atoms with van der Waals surface area (Å²) in [7, 11) is 4.15. The van der Waals surface area contributed by atoms with Crippen molar-refractivity contribution in [3.63, 3.8) is 0 Å². The second kappa shape index (κ2) is 4.94. The fraction of sp³-hybridized carbons (Fsp3) is 1.00. The van der Waals surface area contributed by atoms with Crippen molar-refractivity contribution in [2.45, 2.75) is 44.4 Å². The van der Waals surface area contributed by atoms with Gasteiger partial charge in [-0.05, 0) is 40.3 Å². The molecule has 1 fully saturated rings. The lowest BCUT2D eigenvalue weighted by atomic mass is 10.2. The molecule has 0 bridgehead atoms. The van der Waals surface area contributed by atoms with Crippen LogP contribution in [0.1, 0.15) is 26.2 Å². The zero-order chi connectivity index (χ0) is 9.84. The number of nitrogens with zero attached hydrogens (tertiary/aromatic N) is 1. The highest BCUT2D eigenvalue weighted by Crippen LogP contribution is 2.19. The molecule has 1 rings (SSSR count). The Morgan fingerprint density at radius 1 is 1.46 bits per heavy atom. The molecule has 0 aromatic heterocycles. The fourth-order valence-corrected chi connectivity index (χ4v) is 2.10. The normalized spacial score (nSPS) is 31.2. The number of hydrogen-bond acceptors (Lipinski definition) is 3. The van der Waals surface area contributed by atoms with Gasteiger partial charge < -0.3 is 15.3 Å². The molecular formula is C10H22N2O. The molecule has 3 atom stereocenters. The maximum absolute atomic E-state index is 9.60. The zero-order valence-electron chi connectivity index (χ0n) is 8.95. The van der Waals surface area contributed by atoms with Gasteiger partial charge >= 0.3 is 0 Å². The van der Waals surface area contributed by atoms with Gasteiger partial charge in [-0.2, -0.15) is 0 Å². The minimum Gasteiger partial charge on any atom is -0.392 e. The van der Waals surface area contributed by atoms with Crippen LogP contribution in [0.25, 0.3) is 0 Å². The van der Waals surface area contributed by atoms with E-state index in [0.29, 0.717) is 12.1 Å². The van der Waals surface area contributed by atoms with E-state index < -0.39 is 0 Å². The minimum absolute atomic E-state index is 0.121. The lowest BCUT2D eigenvalue weighted by molar-refractivity contribution is 0.141. The minimum atomic E-state index is -0.121. The van der Waals surface area contributed by atoms with Crippen LogP contribution in [0.3, 0.4) is 0 Å². The summed E-state index contributed by atoms with van der Waals surface area (Å²) >= 11 is 0. The Morgan fingerprint density at radius 3 is 2.62 bits per heavy atom. The van der Waals surface area contributed by atoms with E-state index in [9.17, 15) is 5.11 Å². The van der Waals surface area contributed by atoms with Crippen molar-refractivity contribution in [1.82, 2.24) is 10.2 Å². The predicted molar refractivity (Wildman–Crippen MR) is 54.8 cm³/mol. The molecule has 0 saturated heterocycles. The number of nitrogens with one attached hydrogen (secondary N) is 1. The summed E-state index contributed by atoms with van der Waals surface area (Å²) in [6.45, 7) is 3.20. The molecule has 0 heterocycles. The molecule has 0 amide bonds. The summed E-state index contributed by atoms with van der Waals surface area (Å²) < 4.78 is 0. The van der Waals surface area contributed by atoms with Crippen molar-refractivity contribution in [1.29, 1.82) is 0 Å². The van der Waals surface area contributed by atoms with Gasteiger partial charge in [-0.3, -0.25) is 0 Å². The third-order valence-corrected chi connectivity index (χ3v) is 2.62. The first-order valence-corrected chi connectivity index (χ1v) is 5.18. The molecule has 0 radical (unpaired) electrons. The molecule has 1 unspecified atom stereocenters. The van der Waals surface area contributed by atoms with Gasteiger partial charge in [0.15, 0.2) is 0 Å². The quantitative estimate of drug-likeness (QED) is 0.669. The van der Waals surface area contributed by atoms with Crippen molar-refractivity contribution in [2.24, 2.45) is 0 Å². The molecule has 1 aliphatic rings. The molecule has 3 nitrogen and oxygen atoms in total. The van der Waals surface area contributed by atoms with Crippen LogP contribution in [-0.4, -0.2) is 48.8 Å². The van der Waals surface area contributed by atoms with Gasteiger partial charge in [0.2, 0.25) is 0 Å². The highest BCUT2D eigenvalue weighted by molar-refractivity contribution is 4.84. The summed E-state index contributed by atoms with van der Waals surface area (Å²) in [5.74, 6) is 0. The van der Waals surface area contributed by atoms with Crippen molar-refractivity contribution in [3.8, 4) is 0 Å². The SMILES string of the molecule is CC(CN(C)C)N[C@@H]1CCC[C@H]1O. The zero-order valence-corrected chi connectivity index (χ0v) is 8.95. The third-order valence-electron chi connectivity index (χ3n) is 2.62. The molecule has 2 N–H and O–H groups in total. The van der Waals surface area contributed by atoms with Crippen molar-refractivity contribution >= 4 is 0 Å². The van der Waals surface area contributed by atoms with E-state index in [1.54, 1.807) is 0 Å². The van der Waals surface area contributed by atoms with Crippen molar-refractivity contribution in [2.75, 3.05) is 20.6 Å². The first-order valence-electron chi connectivity index (χ1n) is 5.18. The van der Waals surface area contributed by atoms with E-state index in [-0.39, 0.29) is 6.10 Å². The Balaban J connectivity index is 2.22. The van der Waals surface area contributed by atoms with Crippen LogP contribution < -0.4 is 5.32 Å². The molecule has 1 saturated carbocycles. The van der Waals surface area contributed by atoms with Crippen LogP contribution >= 0.6 is 0 Å². The van der Waals surface area contributed by atoms with Crippen molar-refractivity contribution in [3.05, 3.63) is 0 Å². The Labute approximate surface area is 81.1 Å². The van der Waals surface area contributed by atoms with Crippen LogP contribution in [0.15, 0.2) is 0 Å². The molecule has 0 aromatic rings. The molecule has 78 valence electrons. The summed E-state index contributed by atoms with van der Waals surface area (Å²) in [4.78, 5) is 2.17. The maximum atomic E-state index is 9.60. The summed E-state index contributed by atoms with van der Waals surface area (Å²) in [6, 6.07) is 0.794. The van der Waals surface area contributed by atoms with Crippen LogP contribution in [0.5, 0.6) is 0 Å². The van der Waals surface area contributed by atoms with Gasteiger partial charge in [-0.1, -0.05) is 0 Å². The lowest BCUT2D eigenvalue weighted by Crippen LogP contribution is -2.45. The number of aliphatic hydroxyl groups excluding tert-OH is 1. The summed E-state index contributed by atoms with van der Waals surface area (Å²) in [5.41, 5.74) is 0. The Morgan fingerprint density at radius 2 is 2.15 bits per heavy atom. The monoisotopic (exact) mass is 186 g/mol. The third kappa shape index (κ3) is 3.63. The maximum Gasteiger partial charge on any atom is 0.0693 e. The van der Waals surface area contributed by atoms with Crippen molar-refractivity contribution < 1.29 is 5.11 Å². The van der Waals surface area contributed by atoms with Gasteiger partial charge in [0, 0.05) is 18.6 Å².